The lowest BCUT2D eigenvalue weighted by molar-refractivity contribution is 0.0714. The minimum absolute atomic E-state index is 0.119. The number of aromatic nitrogens is 3. The van der Waals surface area contributed by atoms with E-state index >= 15 is 0 Å². The van der Waals surface area contributed by atoms with Crippen molar-refractivity contribution in [1.82, 2.24) is 19.9 Å². The molecule has 0 atom stereocenters. The van der Waals surface area contributed by atoms with Gasteiger partial charge in [0.15, 0.2) is 6.39 Å². The maximum Gasteiger partial charge on any atom is 0.291 e. The summed E-state index contributed by atoms with van der Waals surface area (Å²) in [4.78, 5) is 28.0. The lowest BCUT2D eigenvalue weighted by Gasteiger charge is -2.34. The number of piperazine rings is 1. The molecule has 1 amide bonds. The monoisotopic (exact) mass is 259 g/mol. The fourth-order valence-corrected chi connectivity index (χ4v) is 2.04. The first-order chi connectivity index (χ1) is 9.34. The van der Waals surface area contributed by atoms with Gasteiger partial charge in [-0.05, 0) is 6.07 Å². The van der Waals surface area contributed by atoms with Gasteiger partial charge in [0.25, 0.3) is 5.91 Å². The van der Waals surface area contributed by atoms with E-state index in [0.29, 0.717) is 32.1 Å². The van der Waals surface area contributed by atoms with Gasteiger partial charge in [-0.2, -0.15) is 0 Å². The van der Waals surface area contributed by atoms with Crippen LogP contribution in [-0.2, 0) is 0 Å². The number of amides is 1. The second kappa shape index (κ2) is 5.05. The van der Waals surface area contributed by atoms with E-state index in [9.17, 15) is 4.79 Å². The first-order valence-electron chi connectivity index (χ1n) is 6.04. The highest BCUT2D eigenvalue weighted by molar-refractivity contribution is 5.91. The molecule has 2 aromatic rings. The first-order valence-corrected chi connectivity index (χ1v) is 6.04. The Morgan fingerprint density at radius 2 is 1.89 bits per heavy atom. The van der Waals surface area contributed by atoms with Crippen molar-refractivity contribution in [2.75, 3.05) is 31.1 Å². The molecule has 19 heavy (non-hydrogen) atoms. The zero-order valence-corrected chi connectivity index (χ0v) is 10.3. The van der Waals surface area contributed by atoms with Gasteiger partial charge in [-0.3, -0.25) is 4.79 Å². The fourth-order valence-electron chi connectivity index (χ4n) is 2.04. The smallest absolute Gasteiger partial charge is 0.291 e. The van der Waals surface area contributed by atoms with Crippen LogP contribution in [0.15, 0.2) is 35.5 Å². The maximum atomic E-state index is 12.0. The van der Waals surface area contributed by atoms with Gasteiger partial charge in [0.2, 0.25) is 11.7 Å². The molecule has 3 heterocycles. The molecule has 1 aliphatic rings. The van der Waals surface area contributed by atoms with E-state index in [1.807, 2.05) is 0 Å². The SMILES string of the molecule is O=C(c1cnco1)N1CCN(c2ncccn2)CC1. The molecule has 1 aliphatic heterocycles. The number of hydrogen-bond acceptors (Lipinski definition) is 6. The van der Waals surface area contributed by atoms with Crippen molar-refractivity contribution in [2.45, 2.75) is 0 Å². The van der Waals surface area contributed by atoms with E-state index in [2.05, 4.69) is 19.9 Å². The summed E-state index contributed by atoms with van der Waals surface area (Å²) in [5, 5.41) is 0. The van der Waals surface area contributed by atoms with Crippen molar-refractivity contribution >= 4 is 11.9 Å². The van der Waals surface area contributed by atoms with Gasteiger partial charge in [0, 0.05) is 38.6 Å². The summed E-state index contributed by atoms with van der Waals surface area (Å²) in [7, 11) is 0. The number of rotatable bonds is 2. The van der Waals surface area contributed by atoms with Crippen molar-refractivity contribution in [3.8, 4) is 0 Å². The highest BCUT2D eigenvalue weighted by atomic mass is 16.3. The van der Waals surface area contributed by atoms with Crippen LogP contribution in [-0.4, -0.2) is 51.9 Å². The standard InChI is InChI=1S/C12H13N5O2/c18-11(10-8-13-9-19-10)16-4-6-17(7-5-16)12-14-2-1-3-15-12/h1-3,8-9H,4-7H2. The van der Waals surface area contributed by atoms with E-state index in [-0.39, 0.29) is 11.7 Å². The van der Waals surface area contributed by atoms with Gasteiger partial charge in [-0.15, -0.1) is 0 Å². The van der Waals surface area contributed by atoms with Gasteiger partial charge in [-0.1, -0.05) is 0 Å². The van der Waals surface area contributed by atoms with Gasteiger partial charge < -0.3 is 14.2 Å². The van der Waals surface area contributed by atoms with Crippen LogP contribution >= 0.6 is 0 Å². The molecule has 3 rings (SSSR count). The largest absolute Gasteiger partial charge is 0.438 e. The molecular formula is C12H13N5O2. The molecule has 7 heteroatoms. The van der Waals surface area contributed by atoms with Crippen LogP contribution in [0.4, 0.5) is 5.95 Å². The van der Waals surface area contributed by atoms with Gasteiger partial charge >= 0.3 is 0 Å². The summed E-state index contributed by atoms with van der Waals surface area (Å²) in [5.41, 5.74) is 0. The first kappa shape index (κ1) is 11.6. The predicted octanol–water partition coefficient (Wildman–Crippen LogP) is 0.427. The highest BCUT2D eigenvalue weighted by Gasteiger charge is 2.24. The second-order valence-corrected chi connectivity index (χ2v) is 4.19. The summed E-state index contributed by atoms with van der Waals surface area (Å²) in [5.74, 6) is 0.866. The molecule has 7 nitrogen and oxygen atoms in total. The number of oxazole rings is 1. The average Bonchev–Trinajstić information content (AvgIpc) is 3.02. The van der Waals surface area contributed by atoms with Crippen LogP contribution in [0.3, 0.4) is 0 Å². The molecule has 0 saturated carbocycles. The van der Waals surface area contributed by atoms with Gasteiger partial charge in [0.1, 0.15) is 0 Å². The zero-order chi connectivity index (χ0) is 13.1. The van der Waals surface area contributed by atoms with Crippen molar-refractivity contribution < 1.29 is 9.21 Å². The van der Waals surface area contributed by atoms with Crippen molar-refractivity contribution in [2.24, 2.45) is 0 Å². The van der Waals surface area contributed by atoms with E-state index in [0.717, 1.165) is 0 Å². The molecule has 98 valence electrons. The van der Waals surface area contributed by atoms with Gasteiger partial charge in [-0.25, -0.2) is 15.0 Å². The van der Waals surface area contributed by atoms with Gasteiger partial charge in [0.05, 0.1) is 6.20 Å². The number of carbonyl (C=O) groups excluding carboxylic acids is 1. The molecule has 0 aromatic carbocycles. The minimum Gasteiger partial charge on any atom is -0.438 e. The normalized spacial score (nSPS) is 15.6. The van der Waals surface area contributed by atoms with Crippen molar-refractivity contribution in [3.63, 3.8) is 0 Å². The third-order valence-corrected chi connectivity index (χ3v) is 3.04. The topological polar surface area (TPSA) is 75.4 Å². The van der Waals surface area contributed by atoms with E-state index in [1.165, 1.54) is 12.6 Å². The molecule has 1 fully saturated rings. The third kappa shape index (κ3) is 2.40. The number of hydrogen-bond donors (Lipinski definition) is 0. The quantitative estimate of drug-likeness (QED) is 0.778. The Kier molecular flexibility index (Phi) is 3.09. The Morgan fingerprint density at radius 3 is 2.53 bits per heavy atom. The molecule has 0 aliphatic carbocycles. The molecule has 0 spiro atoms. The number of nitrogens with zero attached hydrogens (tertiary/aromatic N) is 5. The summed E-state index contributed by atoms with van der Waals surface area (Å²) in [6, 6.07) is 1.78. The number of carbonyl (C=O) groups is 1. The second-order valence-electron chi connectivity index (χ2n) is 4.19. The molecule has 0 unspecified atom stereocenters. The molecule has 0 bridgehead atoms. The highest BCUT2D eigenvalue weighted by Crippen LogP contribution is 2.12. The number of anilines is 1. The minimum atomic E-state index is -0.119. The molecule has 0 N–H and O–H groups in total. The van der Waals surface area contributed by atoms with Crippen LogP contribution in [0.2, 0.25) is 0 Å². The van der Waals surface area contributed by atoms with Crippen molar-refractivity contribution in [3.05, 3.63) is 36.8 Å². The molecule has 0 radical (unpaired) electrons. The lowest BCUT2D eigenvalue weighted by atomic mass is 10.3. The van der Waals surface area contributed by atoms with Crippen LogP contribution in [0.25, 0.3) is 0 Å². The summed E-state index contributed by atoms with van der Waals surface area (Å²) < 4.78 is 5.02. The summed E-state index contributed by atoms with van der Waals surface area (Å²) >= 11 is 0. The third-order valence-electron chi connectivity index (χ3n) is 3.04. The Labute approximate surface area is 109 Å². The molecule has 2 aromatic heterocycles. The Morgan fingerprint density at radius 1 is 1.16 bits per heavy atom. The zero-order valence-electron chi connectivity index (χ0n) is 10.3. The van der Waals surface area contributed by atoms with E-state index < -0.39 is 0 Å². The summed E-state index contributed by atoms with van der Waals surface area (Å²) in [6.07, 6.45) is 6.14. The van der Waals surface area contributed by atoms with E-state index in [1.54, 1.807) is 23.4 Å². The maximum absolute atomic E-state index is 12.0. The fraction of sp³-hybridized carbons (Fsp3) is 0.333. The average molecular weight is 259 g/mol. The van der Waals surface area contributed by atoms with Crippen molar-refractivity contribution in [1.29, 1.82) is 0 Å². The molecular weight excluding hydrogens is 246 g/mol. The van der Waals surface area contributed by atoms with Crippen LogP contribution in [0.1, 0.15) is 10.6 Å². The van der Waals surface area contributed by atoms with Crippen LogP contribution in [0.5, 0.6) is 0 Å². The predicted molar refractivity (Wildman–Crippen MR) is 66.7 cm³/mol. The molecule has 1 saturated heterocycles. The van der Waals surface area contributed by atoms with Crippen LogP contribution < -0.4 is 4.90 Å². The van der Waals surface area contributed by atoms with E-state index in [4.69, 9.17) is 4.42 Å². The van der Waals surface area contributed by atoms with Crippen LogP contribution in [0, 0.1) is 0 Å². The lowest BCUT2D eigenvalue weighted by Crippen LogP contribution is -2.49. The Balaban J connectivity index is 1.62. The Bertz CT molecular complexity index is 535. The summed E-state index contributed by atoms with van der Waals surface area (Å²) in [6.45, 7) is 2.67. The Hall–Kier alpha value is -2.44.